The molecule has 0 aliphatic heterocycles. The number of aldehydes is 1. The van der Waals surface area contributed by atoms with Gasteiger partial charge >= 0.3 is 0 Å². The SMILES string of the molecule is COc1ccc(Cn2ccc3cccc(C=O)c32)cc1. The molecule has 3 nitrogen and oxygen atoms in total. The summed E-state index contributed by atoms with van der Waals surface area (Å²) < 4.78 is 7.26. The molecule has 0 spiro atoms. The van der Waals surface area contributed by atoms with E-state index in [0.29, 0.717) is 0 Å². The Hall–Kier alpha value is -2.55. The lowest BCUT2D eigenvalue weighted by Crippen LogP contribution is -2.00. The third-order valence-electron chi connectivity index (χ3n) is 3.46. The van der Waals surface area contributed by atoms with Crippen LogP contribution in [0.3, 0.4) is 0 Å². The second-order valence-corrected chi connectivity index (χ2v) is 4.69. The van der Waals surface area contributed by atoms with Gasteiger partial charge < -0.3 is 9.30 Å². The molecule has 3 rings (SSSR count). The van der Waals surface area contributed by atoms with E-state index < -0.39 is 0 Å². The standard InChI is InChI=1S/C17H15NO2/c1-20-16-7-5-13(6-8-16)11-18-10-9-14-3-2-4-15(12-19)17(14)18/h2-10,12H,11H2,1H3. The minimum absolute atomic E-state index is 0.723. The monoisotopic (exact) mass is 265 g/mol. The minimum atomic E-state index is 0.723. The first-order valence-electron chi connectivity index (χ1n) is 6.48. The van der Waals surface area contributed by atoms with Crippen molar-refractivity contribution >= 4 is 17.2 Å². The molecule has 0 radical (unpaired) electrons. The molecule has 0 fully saturated rings. The largest absolute Gasteiger partial charge is 0.497 e. The molecule has 0 saturated heterocycles. The van der Waals surface area contributed by atoms with Crippen molar-refractivity contribution in [2.45, 2.75) is 6.54 Å². The number of carbonyl (C=O) groups excluding carboxylic acids is 1. The number of benzene rings is 2. The van der Waals surface area contributed by atoms with Crippen molar-refractivity contribution in [3.05, 3.63) is 65.9 Å². The predicted molar refractivity (Wildman–Crippen MR) is 79.4 cm³/mol. The van der Waals surface area contributed by atoms with Gasteiger partial charge in [-0.2, -0.15) is 0 Å². The summed E-state index contributed by atoms with van der Waals surface area (Å²) in [6.45, 7) is 0.734. The number of nitrogens with zero attached hydrogens (tertiary/aromatic N) is 1. The Bertz CT molecular complexity index is 741. The van der Waals surface area contributed by atoms with Crippen molar-refractivity contribution in [2.75, 3.05) is 7.11 Å². The van der Waals surface area contributed by atoms with E-state index in [9.17, 15) is 4.79 Å². The minimum Gasteiger partial charge on any atom is -0.497 e. The van der Waals surface area contributed by atoms with Gasteiger partial charge in [-0.3, -0.25) is 4.79 Å². The molecule has 0 amide bonds. The van der Waals surface area contributed by atoms with Crippen LogP contribution in [0.2, 0.25) is 0 Å². The van der Waals surface area contributed by atoms with Crippen molar-refractivity contribution < 1.29 is 9.53 Å². The fraction of sp³-hybridized carbons (Fsp3) is 0.118. The summed E-state index contributed by atoms with van der Waals surface area (Å²) in [7, 11) is 1.66. The van der Waals surface area contributed by atoms with Crippen LogP contribution >= 0.6 is 0 Å². The first kappa shape index (κ1) is 12.5. The van der Waals surface area contributed by atoms with E-state index in [1.54, 1.807) is 7.11 Å². The van der Waals surface area contributed by atoms with Gasteiger partial charge in [-0.15, -0.1) is 0 Å². The predicted octanol–water partition coefficient (Wildman–Crippen LogP) is 3.51. The third kappa shape index (κ3) is 2.18. The summed E-state index contributed by atoms with van der Waals surface area (Å²) in [5.41, 5.74) is 2.88. The molecule has 0 aliphatic rings. The van der Waals surface area contributed by atoms with E-state index in [-0.39, 0.29) is 0 Å². The van der Waals surface area contributed by atoms with Crippen molar-refractivity contribution in [1.29, 1.82) is 0 Å². The Morgan fingerprint density at radius 3 is 2.60 bits per heavy atom. The lowest BCUT2D eigenvalue weighted by Gasteiger charge is -2.08. The van der Waals surface area contributed by atoms with Gasteiger partial charge in [0.05, 0.1) is 12.6 Å². The van der Waals surface area contributed by atoms with Gasteiger partial charge in [-0.05, 0) is 29.8 Å². The quantitative estimate of drug-likeness (QED) is 0.676. The van der Waals surface area contributed by atoms with Crippen LogP contribution in [-0.4, -0.2) is 18.0 Å². The van der Waals surface area contributed by atoms with Crippen molar-refractivity contribution in [2.24, 2.45) is 0 Å². The lowest BCUT2D eigenvalue weighted by atomic mass is 10.1. The molecule has 3 heteroatoms. The lowest BCUT2D eigenvalue weighted by molar-refractivity contribution is 0.112. The van der Waals surface area contributed by atoms with Gasteiger partial charge in [-0.25, -0.2) is 0 Å². The van der Waals surface area contributed by atoms with Crippen LogP contribution < -0.4 is 4.74 Å². The van der Waals surface area contributed by atoms with E-state index in [0.717, 1.165) is 35.0 Å². The number of fused-ring (bicyclic) bond motifs is 1. The van der Waals surface area contributed by atoms with Crippen LogP contribution in [0.15, 0.2) is 54.7 Å². The van der Waals surface area contributed by atoms with Crippen molar-refractivity contribution in [3.63, 3.8) is 0 Å². The zero-order chi connectivity index (χ0) is 13.9. The van der Waals surface area contributed by atoms with E-state index in [1.165, 1.54) is 5.56 Å². The van der Waals surface area contributed by atoms with Gasteiger partial charge in [0, 0.05) is 23.7 Å². The smallest absolute Gasteiger partial charge is 0.152 e. The zero-order valence-corrected chi connectivity index (χ0v) is 11.2. The molecule has 0 bridgehead atoms. The molecule has 0 N–H and O–H groups in total. The number of hydrogen-bond donors (Lipinski definition) is 0. The first-order valence-corrected chi connectivity index (χ1v) is 6.48. The highest BCUT2D eigenvalue weighted by Gasteiger charge is 2.06. The molecule has 20 heavy (non-hydrogen) atoms. The van der Waals surface area contributed by atoms with Crippen molar-refractivity contribution in [3.8, 4) is 5.75 Å². The molecule has 0 atom stereocenters. The number of carbonyl (C=O) groups is 1. The average Bonchev–Trinajstić information content (AvgIpc) is 2.91. The maximum Gasteiger partial charge on any atom is 0.152 e. The molecule has 100 valence electrons. The topological polar surface area (TPSA) is 31.2 Å². The van der Waals surface area contributed by atoms with E-state index in [1.807, 2.05) is 54.7 Å². The molecular weight excluding hydrogens is 250 g/mol. The van der Waals surface area contributed by atoms with Gasteiger partial charge in [-0.1, -0.05) is 24.3 Å². The molecule has 0 aliphatic carbocycles. The number of rotatable bonds is 4. The summed E-state index contributed by atoms with van der Waals surface area (Å²) in [4.78, 5) is 11.2. The van der Waals surface area contributed by atoms with Crippen LogP contribution in [0, 0.1) is 0 Å². The number of hydrogen-bond acceptors (Lipinski definition) is 2. The molecule has 2 aromatic carbocycles. The van der Waals surface area contributed by atoms with Crippen LogP contribution in [0.25, 0.3) is 10.9 Å². The zero-order valence-electron chi connectivity index (χ0n) is 11.2. The summed E-state index contributed by atoms with van der Waals surface area (Å²) in [5.74, 6) is 0.847. The Morgan fingerprint density at radius 2 is 1.90 bits per heavy atom. The highest BCUT2D eigenvalue weighted by molar-refractivity contribution is 5.96. The van der Waals surface area contributed by atoms with E-state index in [2.05, 4.69) is 4.57 Å². The van der Waals surface area contributed by atoms with E-state index >= 15 is 0 Å². The average molecular weight is 265 g/mol. The maximum atomic E-state index is 11.2. The van der Waals surface area contributed by atoms with Gasteiger partial charge in [0.2, 0.25) is 0 Å². The highest BCUT2D eigenvalue weighted by Crippen LogP contribution is 2.21. The molecule has 0 unspecified atom stereocenters. The second-order valence-electron chi connectivity index (χ2n) is 4.69. The number of aromatic nitrogens is 1. The summed E-state index contributed by atoms with van der Waals surface area (Å²) in [6, 6.07) is 15.8. The van der Waals surface area contributed by atoms with Gasteiger partial charge in [0.15, 0.2) is 6.29 Å². The van der Waals surface area contributed by atoms with Crippen LogP contribution in [0.5, 0.6) is 5.75 Å². The van der Waals surface area contributed by atoms with Crippen molar-refractivity contribution in [1.82, 2.24) is 4.57 Å². The Morgan fingerprint density at radius 1 is 1.10 bits per heavy atom. The molecule has 1 aromatic heterocycles. The second kappa shape index (κ2) is 5.21. The Kier molecular flexibility index (Phi) is 3.25. The fourth-order valence-corrected chi connectivity index (χ4v) is 2.45. The van der Waals surface area contributed by atoms with Gasteiger partial charge in [0.1, 0.15) is 5.75 Å². The highest BCUT2D eigenvalue weighted by atomic mass is 16.5. The maximum absolute atomic E-state index is 11.2. The molecule has 0 saturated carbocycles. The summed E-state index contributed by atoms with van der Waals surface area (Å²) >= 11 is 0. The number of para-hydroxylation sites is 1. The number of ether oxygens (including phenoxy) is 1. The summed E-state index contributed by atoms with van der Waals surface area (Å²) in [5, 5.41) is 1.09. The van der Waals surface area contributed by atoms with Crippen LogP contribution in [0.1, 0.15) is 15.9 Å². The Balaban J connectivity index is 1.99. The van der Waals surface area contributed by atoms with Gasteiger partial charge in [0.25, 0.3) is 0 Å². The fourth-order valence-electron chi connectivity index (χ4n) is 2.45. The third-order valence-corrected chi connectivity index (χ3v) is 3.46. The van der Waals surface area contributed by atoms with Crippen LogP contribution in [-0.2, 0) is 6.54 Å². The van der Waals surface area contributed by atoms with E-state index in [4.69, 9.17) is 4.74 Å². The normalized spacial score (nSPS) is 10.7. The summed E-state index contributed by atoms with van der Waals surface area (Å²) in [6.07, 6.45) is 2.93. The Labute approximate surface area is 117 Å². The van der Waals surface area contributed by atoms with Crippen LogP contribution in [0.4, 0.5) is 0 Å². The first-order chi connectivity index (χ1) is 9.81. The number of methoxy groups -OCH3 is 1. The molecule has 3 aromatic rings. The molecular formula is C17H15NO2. The molecule has 1 heterocycles.